The summed E-state index contributed by atoms with van der Waals surface area (Å²) in [5, 5.41) is 22.6. The third-order valence-corrected chi connectivity index (χ3v) is 6.50. The number of ketones is 1. The Labute approximate surface area is 207 Å². The van der Waals surface area contributed by atoms with E-state index < -0.39 is 23.5 Å². The number of nitrogens with one attached hydrogen (secondary N) is 1. The molecule has 9 heteroatoms. The molecule has 0 fully saturated rings. The summed E-state index contributed by atoms with van der Waals surface area (Å²) in [5.41, 5.74) is 2.96. The number of amides is 1. The number of anilines is 1. The number of nitrogens with zero attached hydrogens (tertiary/aromatic N) is 1. The van der Waals surface area contributed by atoms with Crippen LogP contribution in [0, 0.1) is 9.39 Å². The van der Waals surface area contributed by atoms with E-state index in [0.29, 0.717) is 22.2 Å². The van der Waals surface area contributed by atoms with Crippen molar-refractivity contribution in [2.45, 2.75) is 6.42 Å². The number of hydrogen-bond acceptors (Lipinski definition) is 4. The average Bonchev–Trinajstić information content (AvgIpc) is 3.03. The van der Waals surface area contributed by atoms with Gasteiger partial charge in [0.25, 0.3) is 5.91 Å². The number of phenols is 1. The third kappa shape index (κ3) is 4.51. The molecule has 1 aromatic heterocycles. The van der Waals surface area contributed by atoms with Gasteiger partial charge in [-0.3, -0.25) is 9.59 Å². The molecule has 34 heavy (non-hydrogen) atoms. The second-order valence-corrected chi connectivity index (χ2v) is 8.75. The van der Waals surface area contributed by atoms with Crippen LogP contribution in [0.5, 0.6) is 5.75 Å². The maximum atomic E-state index is 13.0. The van der Waals surface area contributed by atoms with Crippen LogP contribution < -0.4 is 5.32 Å². The zero-order valence-corrected chi connectivity index (χ0v) is 20.0. The minimum atomic E-state index is -1.22. The molecule has 1 heterocycles. The first-order valence-electron chi connectivity index (χ1n) is 10.1. The molecule has 0 aliphatic carbocycles. The fourth-order valence-corrected chi connectivity index (χ4v) is 4.85. The quantitative estimate of drug-likeness (QED) is 0.229. The summed E-state index contributed by atoms with van der Waals surface area (Å²) < 4.78 is 15.7. The van der Waals surface area contributed by atoms with Crippen LogP contribution in [0.4, 0.5) is 10.1 Å². The second-order valence-electron chi connectivity index (χ2n) is 7.67. The van der Waals surface area contributed by atoms with E-state index in [1.54, 1.807) is 25.2 Å². The monoisotopic (exact) mass is 572 g/mol. The Morgan fingerprint density at radius 3 is 2.44 bits per heavy atom. The molecule has 3 aromatic carbocycles. The zero-order valence-electron chi connectivity index (χ0n) is 17.8. The van der Waals surface area contributed by atoms with Crippen LogP contribution in [0.15, 0.2) is 60.7 Å². The number of aromatic hydroxyl groups is 1. The molecule has 0 spiro atoms. The van der Waals surface area contributed by atoms with Crippen molar-refractivity contribution in [1.82, 2.24) is 4.57 Å². The van der Waals surface area contributed by atoms with Gasteiger partial charge in [-0.15, -0.1) is 0 Å². The molecule has 0 aliphatic heterocycles. The Morgan fingerprint density at radius 1 is 1.06 bits per heavy atom. The van der Waals surface area contributed by atoms with Crippen LogP contribution in [0.3, 0.4) is 0 Å². The number of fused-ring (bicyclic) bond motifs is 1. The molecule has 0 unspecified atom stereocenters. The fourth-order valence-electron chi connectivity index (χ4n) is 3.75. The van der Waals surface area contributed by atoms with Gasteiger partial charge in [0.05, 0.1) is 11.2 Å². The van der Waals surface area contributed by atoms with E-state index >= 15 is 0 Å². The van der Waals surface area contributed by atoms with Crippen molar-refractivity contribution in [3.63, 3.8) is 0 Å². The Hall–Kier alpha value is -3.73. The van der Waals surface area contributed by atoms with Gasteiger partial charge in [-0.1, -0.05) is 18.2 Å². The smallest absolute Gasteiger partial charge is 0.339 e. The van der Waals surface area contributed by atoms with E-state index in [1.165, 1.54) is 36.4 Å². The van der Waals surface area contributed by atoms with Gasteiger partial charge in [0.15, 0.2) is 0 Å². The van der Waals surface area contributed by atoms with Crippen LogP contribution in [0.1, 0.15) is 15.9 Å². The lowest BCUT2D eigenvalue weighted by molar-refractivity contribution is -0.134. The van der Waals surface area contributed by atoms with Crippen molar-refractivity contribution in [3.05, 3.63) is 81.2 Å². The van der Waals surface area contributed by atoms with Gasteiger partial charge in [0.2, 0.25) is 5.78 Å². The molecule has 0 atom stereocenters. The molecule has 1 amide bonds. The van der Waals surface area contributed by atoms with Crippen LogP contribution in [-0.4, -0.2) is 32.4 Å². The van der Waals surface area contributed by atoms with Crippen molar-refractivity contribution in [2.24, 2.45) is 7.05 Å². The maximum absolute atomic E-state index is 13.0. The second kappa shape index (κ2) is 9.26. The number of halogens is 2. The first-order valence-corrected chi connectivity index (χ1v) is 11.2. The molecule has 3 N–H and O–H groups in total. The molecule has 0 saturated heterocycles. The number of hydrogen-bond donors (Lipinski definition) is 3. The van der Waals surface area contributed by atoms with E-state index in [9.17, 15) is 29.0 Å². The molecule has 7 nitrogen and oxygen atoms in total. The Kier molecular flexibility index (Phi) is 6.38. The summed E-state index contributed by atoms with van der Waals surface area (Å²) in [6.07, 6.45) is -0.134. The van der Waals surface area contributed by atoms with Crippen molar-refractivity contribution >= 4 is 56.8 Å². The number of carbonyl (C=O) groups is 3. The number of carbonyl (C=O) groups excluding carboxylic acids is 2. The highest BCUT2D eigenvalue weighted by molar-refractivity contribution is 14.1. The predicted molar refractivity (Wildman–Crippen MR) is 133 cm³/mol. The summed E-state index contributed by atoms with van der Waals surface area (Å²) >= 11 is 2.12. The van der Waals surface area contributed by atoms with Gasteiger partial charge in [0, 0.05) is 34.2 Å². The van der Waals surface area contributed by atoms with Crippen LogP contribution >= 0.6 is 22.6 Å². The predicted octanol–water partition coefficient (Wildman–Crippen LogP) is 4.74. The van der Waals surface area contributed by atoms with Gasteiger partial charge in [-0.2, -0.15) is 0 Å². The largest absolute Gasteiger partial charge is 0.507 e. The summed E-state index contributed by atoms with van der Waals surface area (Å²) in [6, 6.07) is 15.1. The molecule has 0 radical (unpaired) electrons. The van der Waals surface area contributed by atoms with E-state index in [1.807, 2.05) is 10.6 Å². The number of aromatic nitrogens is 1. The molecular weight excluding hydrogens is 554 g/mol. The standard InChI is InChI=1S/C25H18FIN2O5/c1-29-19-12-20(30)18(25(33)34)11-17(19)22(27)23(29)14-4-2-3-13(9-14)10-21(31)24(32)28-16-7-5-15(26)6-8-16/h2-9,11-12,30H,10H2,1H3,(H,28,32)(H,33,34). The molecule has 0 saturated carbocycles. The average molecular weight is 572 g/mol. The lowest BCUT2D eigenvalue weighted by atomic mass is 10.0. The molecule has 172 valence electrons. The van der Waals surface area contributed by atoms with Crippen LogP contribution in [-0.2, 0) is 23.1 Å². The van der Waals surface area contributed by atoms with E-state index in [2.05, 4.69) is 27.9 Å². The topological polar surface area (TPSA) is 109 Å². The first kappa shape index (κ1) is 23.4. The van der Waals surface area contributed by atoms with Gasteiger partial charge >= 0.3 is 5.97 Å². The third-order valence-electron chi connectivity index (χ3n) is 5.41. The van der Waals surface area contributed by atoms with E-state index in [4.69, 9.17) is 0 Å². The number of carboxylic acid groups (broad SMARTS) is 1. The minimum absolute atomic E-state index is 0.134. The SMILES string of the molecule is Cn1c(-c2cccc(CC(=O)C(=O)Nc3ccc(F)cc3)c2)c(I)c2cc(C(=O)O)c(O)cc21. The summed E-state index contributed by atoms with van der Waals surface area (Å²) in [5.74, 6) is -3.44. The van der Waals surface area contributed by atoms with Gasteiger partial charge in [0.1, 0.15) is 17.1 Å². The van der Waals surface area contributed by atoms with Crippen molar-refractivity contribution in [2.75, 3.05) is 5.32 Å². The number of benzene rings is 3. The first-order chi connectivity index (χ1) is 16.2. The highest BCUT2D eigenvalue weighted by Crippen LogP contribution is 2.37. The van der Waals surface area contributed by atoms with Crippen molar-refractivity contribution < 1.29 is 29.0 Å². The summed E-state index contributed by atoms with van der Waals surface area (Å²) in [7, 11) is 1.80. The van der Waals surface area contributed by atoms with Gasteiger partial charge in [-0.25, -0.2) is 9.18 Å². The van der Waals surface area contributed by atoms with Gasteiger partial charge < -0.3 is 20.1 Å². The molecular formula is C25H18FIN2O5. The fraction of sp³-hybridized carbons (Fsp3) is 0.0800. The zero-order chi connectivity index (χ0) is 24.6. The van der Waals surface area contributed by atoms with Crippen molar-refractivity contribution in [1.29, 1.82) is 0 Å². The molecule has 0 aliphatic rings. The van der Waals surface area contributed by atoms with Crippen LogP contribution in [0.25, 0.3) is 22.2 Å². The van der Waals surface area contributed by atoms with E-state index in [0.717, 1.165) is 14.8 Å². The number of carboxylic acids is 1. The highest BCUT2D eigenvalue weighted by Gasteiger charge is 2.20. The van der Waals surface area contributed by atoms with Crippen molar-refractivity contribution in [3.8, 4) is 17.0 Å². The number of rotatable bonds is 6. The van der Waals surface area contributed by atoms with Gasteiger partial charge in [-0.05, 0) is 70.1 Å². The summed E-state index contributed by atoms with van der Waals surface area (Å²) in [6.45, 7) is 0. The molecule has 0 bridgehead atoms. The maximum Gasteiger partial charge on any atom is 0.339 e. The minimum Gasteiger partial charge on any atom is -0.507 e. The Balaban J connectivity index is 1.62. The Bertz CT molecular complexity index is 1460. The van der Waals surface area contributed by atoms with Crippen LogP contribution in [0.2, 0.25) is 0 Å². The number of aryl methyl sites for hydroxylation is 1. The summed E-state index contributed by atoms with van der Waals surface area (Å²) in [4.78, 5) is 36.2. The number of Topliss-reactive ketones (excluding diaryl/α,β-unsaturated/α-hetero) is 1. The molecule has 4 rings (SSSR count). The Morgan fingerprint density at radius 2 is 1.76 bits per heavy atom. The lowest BCUT2D eigenvalue weighted by Gasteiger charge is -2.09. The molecule has 4 aromatic rings. The normalized spacial score (nSPS) is 10.9. The lowest BCUT2D eigenvalue weighted by Crippen LogP contribution is -2.24. The highest BCUT2D eigenvalue weighted by atomic mass is 127. The number of aromatic carboxylic acids is 1. The van der Waals surface area contributed by atoms with E-state index in [-0.39, 0.29) is 17.7 Å².